The third-order valence-corrected chi connectivity index (χ3v) is 3.61. The molecular weight excluding hydrogens is 264 g/mol. The number of nitrogen functional groups attached to an aromatic ring is 1. The minimum absolute atomic E-state index is 0.259. The van der Waals surface area contributed by atoms with Crippen LogP contribution in [0.5, 0.6) is 0 Å². The molecule has 7 heteroatoms. The molecule has 6 nitrogen and oxygen atoms in total. The molecular formula is C12H18N4O2S. The van der Waals surface area contributed by atoms with E-state index in [0.717, 1.165) is 20.9 Å². The van der Waals surface area contributed by atoms with E-state index in [4.69, 9.17) is 10.5 Å². The summed E-state index contributed by atoms with van der Waals surface area (Å²) < 4.78 is 4.88. The molecule has 4 N–H and O–H groups in total. The van der Waals surface area contributed by atoms with Crippen molar-refractivity contribution in [1.29, 1.82) is 0 Å². The zero-order valence-corrected chi connectivity index (χ0v) is 11.8. The van der Waals surface area contributed by atoms with Gasteiger partial charge in [-0.25, -0.2) is 4.98 Å². The fourth-order valence-electron chi connectivity index (χ4n) is 1.83. The second-order valence-electron chi connectivity index (χ2n) is 4.33. The first-order valence-electron chi connectivity index (χ1n) is 6.04. The van der Waals surface area contributed by atoms with E-state index < -0.39 is 6.10 Å². The minimum Gasteiger partial charge on any atom is -0.391 e. The summed E-state index contributed by atoms with van der Waals surface area (Å²) >= 11 is 1.59. The molecule has 0 aliphatic carbocycles. The topological polar surface area (TPSA) is 93.3 Å². The molecule has 0 saturated heterocycles. The van der Waals surface area contributed by atoms with Crippen LogP contribution in [0.25, 0.3) is 10.2 Å². The summed E-state index contributed by atoms with van der Waals surface area (Å²) in [7, 11) is 1.57. The number of anilines is 2. The highest BCUT2D eigenvalue weighted by Crippen LogP contribution is 2.28. The predicted molar refractivity (Wildman–Crippen MR) is 77.6 cm³/mol. The van der Waals surface area contributed by atoms with Gasteiger partial charge in [-0.2, -0.15) is 4.98 Å². The summed E-state index contributed by atoms with van der Waals surface area (Å²) in [5, 5.41) is 13.7. The number of aromatic nitrogens is 2. The second kappa shape index (κ2) is 6.14. The molecule has 2 heterocycles. The second-order valence-corrected chi connectivity index (χ2v) is 5.57. The fourth-order valence-corrected chi connectivity index (χ4v) is 2.71. The number of aryl methyl sites for hydroxylation is 1. The predicted octanol–water partition coefficient (Wildman–Crippen LogP) is 1.39. The number of hydrogen-bond acceptors (Lipinski definition) is 7. The Kier molecular flexibility index (Phi) is 4.52. The smallest absolute Gasteiger partial charge is 0.223 e. The van der Waals surface area contributed by atoms with Crippen molar-refractivity contribution in [2.24, 2.45) is 0 Å². The third kappa shape index (κ3) is 3.52. The van der Waals surface area contributed by atoms with Crippen LogP contribution in [-0.2, 0) is 4.74 Å². The fraction of sp³-hybridized carbons (Fsp3) is 0.500. The van der Waals surface area contributed by atoms with Crippen molar-refractivity contribution in [2.75, 3.05) is 31.3 Å². The number of aliphatic hydroxyl groups excluding tert-OH is 1. The monoisotopic (exact) mass is 282 g/mol. The number of nitrogens with zero attached hydrogens (tertiary/aromatic N) is 2. The first kappa shape index (κ1) is 14.0. The molecule has 0 fully saturated rings. The highest BCUT2D eigenvalue weighted by molar-refractivity contribution is 7.18. The zero-order chi connectivity index (χ0) is 13.8. The summed E-state index contributed by atoms with van der Waals surface area (Å²) in [5.41, 5.74) is 5.69. The summed E-state index contributed by atoms with van der Waals surface area (Å²) in [6.45, 7) is 2.96. The van der Waals surface area contributed by atoms with Gasteiger partial charge in [0.1, 0.15) is 10.6 Å². The van der Waals surface area contributed by atoms with Gasteiger partial charge in [0.25, 0.3) is 0 Å². The van der Waals surface area contributed by atoms with E-state index in [1.165, 1.54) is 0 Å². The summed E-state index contributed by atoms with van der Waals surface area (Å²) in [4.78, 5) is 10.5. The van der Waals surface area contributed by atoms with E-state index >= 15 is 0 Å². The Morgan fingerprint density at radius 3 is 3.05 bits per heavy atom. The van der Waals surface area contributed by atoms with Crippen LogP contribution in [0.4, 0.5) is 11.8 Å². The number of hydrogen-bond donors (Lipinski definition) is 3. The van der Waals surface area contributed by atoms with Gasteiger partial charge < -0.3 is 20.9 Å². The first-order valence-corrected chi connectivity index (χ1v) is 6.86. The largest absolute Gasteiger partial charge is 0.391 e. The molecule has 1 unspecified atom stereocenters. The summed E-state index contributed by atoms with van der Waals surface area (Å²) in [6.07, 6.45) is 0.110. The molecule has 0 aliphatic heterocycles. The van der Waals surface area contributed by atoms with Crippen LogP contribution in [0.1, 0.15) is 11.3 Å². The van der Waals surface area contributed by atoms with E-state index in [1.54, 1.807) is 18.4 Å². The molecule has 0 amide bonds. The van der Waals surface area contributed by atoms with Gasteiger partial charge in [-0.05, 0) is 19.4 Å². The minimum atomic E-state index is -0.476. The van der Waals surface area contributed by atoms with Crippen molar-refractivity contribution in [3.8, 4) is 0 Å². The lowest BCUT2D eigenvalue weighted by Gasteiger charge is -2.11. The van der Waals surface area contributed by atoms with Crippen LogP contribution in [0.3, 0.4) is 0 Å². The van der Waals surface area contributed by atoms with Gasteiger partial charge in [-0.15, -0.1) is 11.3 Å². The Morgan fingerprint density at radius 1 is 1.53 bits per heavy atom. The van der Waals surface area contributed by atoms with Gasteiger partial charge in [0, 0.05) is 18.5 Å². The van der Waals surface area contributed by atoms with Gasteiger partial charge in [-0.1, -0.05) is 0 Å². The van der Waals surface area contributed by atoms with Gasteiger partial charge >= 0.3 is 0 Å². The number of ether oxygens (including phenoxy) is 1. The van der Waals surface area contributed by atoms with Crippen molar-refractivity contribution < 1.29 is 9.84 Å². The van der Waals surface area contributed by atoms with Crippen LogP contribution in [0, 0.1) is 6.92 Å². The number of methoxy groups -OCH3 is 1. The van der Waals surface area contributed by atoms with Crippen LogP contribution >= 0.6 is 11.3 Å². The molecule has 2 aromatic heterocycles. The number of nitrogens with one attached hydrogen (secondary N) is 1. The average Bonchev–Trinajstić information content (AvgIpc) is 2.69. The first-order chi connectivity index (χ1) is 9.10. The molecule has 2 rings (SSSR count). The number of aliphatic hydroxyl groups is 1. The van der Waals surface area contributed by atoms with E-state index in [1.807, 2.05) is 13.0 Å². The molecule has 0 aliphatic rings. The Hall–Kier alpha value is -1.44. The quantitative estimate of drug-likeness (QED) is 0.741. The molecule has 0 bridgehead atoms. The highest BCUT2D eigenvalue weighted by Gasteiger charge is 2.10. The van der Waals surface area contributed by atoms with Crippen molar-refractivity contribution >= 4 is 33.3 Å². The number of nitrogens with two attached hydrogens (primary N) is 1. The van der Waals surface area contributed by atoms with Gasteiger partial charge in [0.15, 0.2) is 0 Å². The van der Waals surface area contributed by atoms with Gasteiger partial charge in [0.05, 0.1) is 18.1 Å². The molecule has 1 atom stereocenters. The molecule has 19 heavy (non-hydrogen) atoms. The summed E-state index contributed by atoms with van der Waals surface area (Å²) in [5.74, 6) is 0.978. The lowest BCUT2D eigenvalue weighted by atomic mass is 10.2. The van der Waals surface area contributed by atoms with Crippen LogP contribution in [-0.4, -0.2) is 41.4 Å². The number of thiophene rings is 1. The molecule has 0 saturated carbocycles. The Morgan fingerprint density at radius 2 is 2.32 bits per heavy atom. The van der Waals surface area contributed by atoms with Crippen LogP contribution in [0.15, 0.2) is 6.07 Å². The lowest BCUT2D eigenvalue weighted by molar-refractivity contribution is 0.0615. The maximum absolute atomic E-state index is 9.58. The third-order valence-electron chi connectivity index (χ3n) is 2.66. The van der Waals surface area contributed by atoms with E-state index in [-0.39, 0.29) is 5.95 Å². The standard InChI is InChI=1S/C12H18N4O2S/c1-7-5-9-10(14-4-3-8(17)6-18-2)15-12(13)16-11(9)19-7/h5,8,17H,3-4,6H2,1-2H3,(H3,13,14,15,16). The number of fused-ring (bicyclic) bond motifs is 1. The highest BCUT2D eigenvalue weighted by atomic mass is 32.1. The summed E-state index contributed by atoms with van der Waals surface area (Å²) in [6, 6.07) is 2.04. The Bertz CT molecular complexity index is 558. The molecule has 104 valence electrons. The van der Waals surface area contributed by atoms with Gasteiger partial charge in [0.2, 0.25) is 5.95 Å². The maximum atomic E-state index is 9.58. The zero-order valence-electron chi connectivity index (χ0n) is 11.0. The van der Waals surface area contributed by atoms with Crippen molar-refractivity contribution in [1.82, 2.24) is 9.97 Å². The van der Waals surface area contributed by atoms with E-state index in [9.17, 15) is 5.11 Å². The van der Waals surface area contributed by atoms with Crippen molar-refractivity contribution in [3.63, 3.8) is 0 Å². The van der Waals surface area contributed by atoms with Crippen LogP contribution < -0.4 is 11.1 Å². The van der Waals surface area contributed by atoms with E-state index in [2.05, 4.69) is 15.3 Å². The molecule has 2 aromatic rings. The SMILES string of the molecule is COCC(O)CCNc1nc(N)nc2sc(C)cc12. The van der Waals surface area contributed by atoms with Crippen molar-refractivity contribution in [2.45, 2.75) is 19.4 Å². The molecule has 0 aromatic carbocycles. The molecule has 0 spiro atoms. The number of rotatable bonds is 6. The Balaban J connectivity index is 2.07. The van der Waals surface area contributed by atoms with Crippen molar-refractivity contribution in [3.05, 3.63) is 10.9 Å². The molecule has 0 radical (unpaired) electrons. The van der Waals surface area contributed by atoms with Crippen LogP contribution in [0.2, 0.25) is 0 Å². The lowest BCUT2D eigenvalue weighted by Crippen LogP contribution is -2.18. The van der Waals surface area contributed by atoms with E-state index in [0.29, 0.717) is 19.6 Å². The Labute approximate surface area is 115 Å². The normalized spacial score (nSPS) is 12.8. The average molecular weight is 282 g/mol. The maximum Gasteiger partial charge on any atom is 0.223 e. The van der Waals surface area contributed by atoms with Gasteiger partial charge in [-0.3, -0.25) is 0 Å².